The highest BCUT2D eigenvalue weighted by Crippen LogP contribution is 2.33. The quantitative estimate of drug-likeness (QED) is 0.463. The molecule has 0 heterocycles. The van der Waals surface area contributed by atoms with Crippen molar-refractivity contribution in [2.24, 2.45) is 0 Å². The molecule has 180 valence electrons. The van der Waals surface area contributed by atoms with E-state index in [1.54, 1.807) is 6.07 Å². The van der Waals surface area contributed by atoms with Gasteiger partial charge < -0.3 is 14.8 Å². The molecule has 0 radical (unpaired) electrons. The van der Waals surface area contributed by atoms with Gasteiger partial charge in [0.2, 0.25) is 0 Å². The maximum atomic E-state index is 13.3. The third-order valence-electron chi connectivity index (χ3n) is 6.22. The van der Waals surface area contributed by atoms with E-state index in [0.29, 0.717) is 25.1 Å². The summed E-state index contributed by atoms with van der Waals surface area (Å²) in [5.41, 5.74) is 0.255. The van der Waals surface area contributed by atoms with Gasteiger partial charge in [0.1, 0.15) is 6.04 Å². The Morgan fingerprint density at radius 3 is 2.40 bits per heavy atom. The van der Waals surface area contributed by atoms with Gasteiger partial charge >= 0.3 is 6.09 Å². The van der Waals surface area contributed by atoms with Crippen molar-refractivity contribution in [3.8, 4) is 6.07 Å². The van der Waals surface area contributed by atoms with Crippen LogP contribution in [0.25, 0.3) is 10.8 Å². The summed E-state index contributed by atoms with van der Waals surface area (Å²) in [5, 5.41) is 17.1. The average Bonchev–Trinajstić information content (AvgIpc) is 2.89. The Morgan fingerprint density at radius 2 is 1.66 bits per heavy atom. The highest BCUT2D eigenvalue weighted by atomic mass is 16.6. The van der Waals surface area contributed by atoms with Crippen LogP contribution in [0.1, 0.15) is 37.7 Å². The molecule has 0 aliphatic heterocycles. The lowest BCUT2D eigenvalue weighted by Crippen LogP contribution is -2.54. The normalized spacial score (nSPS) is 15.5. The molecule has 35 heavy (non-hydrogen) atoms. The zero-order chi connectivity index (χ0) is 24.5. The molecule has 3 aromatic rings. The molecule has 1 aliphatic carbocycles. The van der Waals surface area contributed by atoms with Gasteiger partial charge in [-0.05, 0) is 54.2 Å². The fraction of sp³-hybridized carbons (Fsp3) is 0.321. The molecule has 0 spiro atoms. The van der Waals surface area contributed by atoms with Gasteiger partial charge in [-0.15, -0.1) is 0 Å². The number of amides is 2. The first kappa shape index (κ1) is 24.2. The summed E-state index contributed by atoms with van der Waals surface area (Å²) in [4.78, 5) is 26.1. The Morgan fingerprint density at radius 1 is 0.943 bits per heavy atom. The fourth-order valence-electron chi connectivity index (χ4n) is 4.36. The summed E-state index contributed by atoms with van der Waals surface area (Å²) in [6.45, 7) is 0.376. The van der Waals surface area contributed by atoms with Crippen molar-refractivity contribution in [3.63, 3.8) is 0 Å². The third kappa shape index (κ3) is 6.37. The molecule has 7 heteroatoms. The van der Waals surface area contributed by atoms with Gasteiger partial charge in [-0.1, -0.05) is 67.1 Å². The van der Waals surface area contributed by atoms with E-state index in [2.05, 4.69) is 16.7 Å². The Kier molecular flexibility index (Phi) is 7.96. The monoisotopic (exact) mass is 471 g/mol. The van der Waals surface area contributed by atoms with Crippen molar-refractivity contribution >= 4 is 28.5 Å². The van der Waals surface area contributed by atoms with E-state index in [1.165, 1.54) is 0 Å². The summed E-state index contributed by atoms with van der Waals surface area (Å²) in [6.07, 6.45) is 2.62. The van der Waals surface area contributed by atoms with Gasteiger partial charge in [-0.2, -0.15) is 5.26 Å². The molecule has 1 fully saturated rings. The highest BCUT2D eigenvalue weighted by Gasteiger charge is 2.44. The van der Waals surface area contributed by atoms with Crippen LogP contribution in [0.15, 0.2) is 72.8 Å². The van der Waals surface area contributed by atoms with Crippen LogP contribution >= 0.6 is 0 Å². The van der Waals surface area contributed by atoms with Crippen molar-refractivity contribution in [1.82, 2.24) is 5.32 Å². The molecule has 2 amide bonds. The third-order valence-corrected chi connectivity index (χ3v) is 6.22. The number of fused-ring (bicyclic) bond motifs is 1. The minimum Gasteiger partial charge on any atom is -0.433 e. The Labute approximate surface area is 205 Å². The van der Waals surface area contributed by atoms with E-state index in [0.717, 1.165) is 35.6 Å². The fourth-order valence-corrected chi connectivity index (χ4v) is 4.36. The number of hydrogen-bond acceptors (Lipinski definition) is 5. The molecule has 7 nitrogen and oxygen atoms in total. The molecular formula is C28H29N3O4. The minimum absolute atomic E-state index is 0.0382. The van der Waals surface area contributed by atoms with Gasteiger partial charge in [-0.3, -0.25) is 10.1 Å². The van der Waals surface area contributed by atoms with E-state index in [9.17, 15) is 14.9 Å². The largest absolute Gasteiger partial charge is 0.433 e. The zero-order valence-corrected chi connectivity index (χ0v) is 19.5. The highest BCUT2D eigenvalue weighted by molar-refractivity contribution is 5.94. The summed E-state index contributed by atoms with van der Waals surface area (Å²) in [5.74, 6) is -0.458. The maximum absolute atomic E-state index is 13.3. The number of nitrogens with zero attached hydrogens (tertiary/aromatic N) is 1. The molecule has 0 unspecified atom stereocenters. The summed E-state index contributed by atoms with van der Waals surface area (Å²) < 4.78 is 11.4. The molecule has 2 N–H and O–H groups in total. The van der Waals surface area contributed by atoms with Crippen molar-refractivity contribution in [3.05, 3.63) is 78.4 Å². The Balaban J connectivity index is 1.38. The van der Waals surface area contributed by atoms with E-state index in [-0.39, 0.29) is 6.61 Å². The van der Waals surface area contributed by atoms with Crippen molar-refractivity contribution in [2.45, 2.75) is 50.4 Å². The molecule has 4 rings (SSSR count). The maximum Gasteiger partial charge on any atom is 0.412 e. The molecular weight excluding hydrogens is 442 g/mol. The van der Waals surface area contributed by atoms with Crippen molar-refractivity contribution in [1.29, 1.82) is 5.26 Å². The van der Waals surface area contributed by atoms with Crippen molar-refractivity contribution in [2.75, 3.05) is 11.9 Å². The van der Waals surface area contributed by atoms with Gasteiger partial charge in [-0.25, -0.2) is 4.79 Å². The van der Waals surface area contributed by atoms with Crippen LogP contribution in [0.4, 0.5) is 10.5 Å². The summed E-state index contributed by atoms with van der Waals surface area (Å²) >= 11 is 0. The number of carbonyl (C=O) groups excluding carboxylic acids is 2. The van der Waals surface area contributed by atoms with Gasteiger partial charge in [0, 0.05) is 5.69 Å². The van der Waals surface area contributed by atoms with Crippen LogP contribution < -0.4 is 10.6 Å². The predicted molar refractivity (Wildman–Crippen MR) is 134 cm³/mol. The SMILES string of the molecule is N#C[C@H](COCc1ccccc1)NC(=O)C1(OC(=O)Nc2ccc3ccccc3c2)CCCCC1. The number of anilines is 1. The molecule has 0 saturated heterocycles. The van der Waals surface area contributed by atoms with Gasteiger partial charge in [0.05, 0.1) is 19.3 Å². The number of hydrogen-bond donors (Lipinski definition) is 2. The lowest BCUT2D eigenvalue weighted by Gasteiger charge is -2.35. The van der Waals surface area contributed by atoms with Crippen LogP contribution in [0.3, 0.4) is 0 Å². The van der Waals surface area contributed by atoms with Crippen molar-refractivity contribution < 1.29 is 19.1 Å². The predicted octanol–water partition coefficient (Wildman–Crippen LogP) is 5.32. The first-order valence-electron chi connectivity index (χ1n) is 11.9. The smallest absolute Gasteiger partial charge is 0.412 e. The first-order valence-corrected chi connectivity index (χ1v) is 11.9. The second kappa shape index (κ2) is 11.5. The molecule has 3 aromatic carbocycles. The van der Waals surface area contributed by atoms with E-state index in [4.69, 9.17) is 9.47 Å². The molecule has 1 atom stereocenters. The van der Waals surface area contributed by atoms with Crippen LogP contribution in [-0.2, 0) is 20.9 Å². The van der Waals surface area contributed by atoms with Crippen LogP contribution in [0.2, 0.25) is 0 Å². The number of rotatable bonds is 8. The van der Waals surface area contributed by atoms with E-state index in [1.807, 2.05) is 66.7 Å². The molecule has 0 bridgehead atoms. The Hall–Kier alpha value is -3.89. The molecule has 1 aliphatic rings. The first-order chi connectivity index (χ1) is 17.1. The van der Waals surface area contributed by atoms with Gasteiger partial charge in [0.25, 0.3) is 5.91 Å². The number of nitriles is 1. The van der Waals surface area contributed by atoms with Crippen LogP contribution in [-0.4, -0.2) is 30.3 Å². The molecule has 1 saturated carbocycles. The summed E-state index contributed by atoms with van der Waals surface area (Å²) in [7, 11) is 0. The standard InChI is InChI=1S/C28H29N3O4/c29-18-25(20-34-19-21-9-3-1-4-10-21)30-26(32)28(15-7-2-8-16-28)35-27(33)31-24-14-13-22-11-5-6-12-23(22)17-24/h1,3-6,9-14,17,25H,2,7-8,15-16,19-20H2,(H,30,32)(H,31,33)/t25-/m1/s1. The topological polar surface area (TPSA) is 100 Å². The summed E-state index contributed by atoms with van der Waals surface area (Å²) in [6, 6.07) is 24.2. The zero-order valence-electron chi connectivity index (χ0n) is 19.5. The van der Waals surface area contributed by atoms with E-state index < -0.39 is 23.6 Å². The number of nitrogens with one attached hydrogen (secondary N) is 2. The second-order valence-corrected chi connectivity index (χ2v) is 8.79. The number of carbonyl (C=O) groups is 2. The lowest BCUT2D eigenvalue weighted by molar-refractivity contribution is -0.143. The van der Waals surface area contributed by atoms with Crippen LogP contribution in [0.5, 0.6) is 0 Å². The average molecular weight is 472 g/mol. The number of ether oxygens (including phenoxy) is 2. The van der Waals surface area contributed by atoms with E-state index >= 15 is 0 Å². The molecule has 0 aromatic heterocycles. The lowest BCUT2D eigenvalue weighted by atomic mass is 9.83. The van der Waals surface area contributed by atoms with Crippen LogP contribution in [0, 0.1) is 11.3 Å². The van der Waals surface area contributed by atoms with Gasteiger partial charge in [0.15, 0.2) is 5.60 Å². The number of benzene rings is 3. The Bertz CT molecular complexity index is 1200. The minimum atomic E-state index is -1.31. The second-order valence-electron chi connectivity index (χ2n) is 8.79.